The monoisotopic (exact) mass is 255 g/mol. The van der Waals surface area contributed by atoms with E-state index in [1.807, 2.05) is 12.1 Å². The molecule has 0 N–H and O–H groups in total. The molecule has 0 spiro atoms. The van der Waals surface area contributed by atoms with Crippen molar-refractivity contribution >= 4 is 0 Å². The summed E-state index contributed by atoms with van der Waals surface area (Å²) in [5, 5.41) is 8.86. The van der Waals surface area contributed by atoms with Crippen LogP contribution in [-0.2, 0) is 0 Å². The van der Waals surface area contributed by atoms with Crippen LogP contribution < -0.4 is 0 Å². The predicted octanol–water partition coefficient (Wildman–Crippen LogP) is 5.27. The maximum absolute atomic E-state index is 8.86. The van der Waals surface area contributed by atoms with E-state index < -0.39 is 0 Å². The van der Waals surface area contributed by atoms with Gasteiger partial charge in [-0.1, -0.05) is 45.2 Å². The average molecular weight is 255 g/mol. The molecule has 0 bridgehead atoms. The molecule has 0 saturated heterocycles. The van der Waals surface area contributed by atoms with Crippen LogP contribution in [0.15, 0.2) is 24.3 Å². The van der Waals surface area contributed by atoms with E-state index in [2.05, 4.69) is 32.0 Å². The average Bonchev–Trinajstić information content (AvgIpc) is 2.45. The van der Waals surface area contributed by atoms with E-state index >= 15 is 0 Å². The van der Waals surface area contributed by atoms with Gasteiger partial charge in [-0.05, 0) is 54.7 Å². The lowest BCUT2D eigenvalue weighted by molar-refractivity contribution is 0.233. The van der Waals surface area contributed by atoms with Crippen molar-refractivity contribution in [1.29, 1.82) is 5.26 Å². The van der Waals surface area contributed by atoms with Crippen molar-refractivity contribution in [3.8, 4) is 6.07 Å². The quantitative estimate of drug-likeness (QED) is 0.719. The van der Waals surface area contributed by atoms with Gasteiger partial charge in [0, 0.05) is 0 Å². The molecular formula is C18H25N. The third-order valence-corrected chi connectivity index (χ3v) is 4.71. The minimum atomic E-state index is 0.700. The first-order chi connectivity index (χ1) is 9.24. The molecule has 0 amide bonds. The zero-order chi connectivity index (χ0) is 13.7. The zero-order valence-corrected chi connectivity index (χ0v) is 12.2. The normalized spacial score (nSPS) is 26.9. The molecule has 0 heterocycles. The number of hydrogen-bond donors (Lipinski definition) is 0. The molecule has 1 fully saturated rings. The van der Waals surface area contributed by atoms with Gasteiger partial charge in [0.25, 0.3) is 0 Å². The van der Waals surface area contributed by atoms with E-state index in [0.717, 1.165) is 17.4 Å². The van der Waals surface area contributed by atoms with Crippen molar-refractivity contribution in [3.63, 3.8) is 0 Å². The lowest BCUT2D eigenvalue weighted by atomic mass is 9.71. The molecule has 0 aliphatic heterocycles. The first-order valence-electron chi connectivity index (χ1n) is 7.74. The molecule has 1 heteroatoms. The van der Waals surface area contributed by atoms with Gasteiger partial charge in [-0.25, -0.2) is 0 Å². The number of unbranched alkanes of at least 4 members (excludes halogenated alkanes) is 1. The Morgan fingerprint density at radius 1 is 1.21 bits per heavy atom. The summed E-state index contributed by atoms with van der Waals surface area (Å²) >= 11 is 0. The SMILES string of the molecule is CCCCC1CCC(c2ccc(C#N)cc2)C(C)C1. The van der Waals surface area contributed by atoms with Gasteiger partial charge in [-0.3, -0.25) is 0 Å². The van der Waals surface area contributed by atoms with Crippen molar-refractivity contribution < 1.29 is 0 Å². The van der Waals surface area contributed by atoms with Gasteiger partial charge in [0.15, 0.2) is 0 Å². The standard InChI is InChI=1S/C18H25N/c1-3-4-5-15-8-11-18(14(2)12-15)17-9-6-16(13-19)7-10-17/h6-7,9-10,14-15,18H,3-5,8,11-12H2,1-2H3. The first kappa shape index (κ1) is 14.1. The summed E-state index contributed by atoms with van der Waals surface area (Å²) in [6.07, 6.45) is 8.21. The van der Waals surface area contributed by atoms with Gasteiger partial charge < -0.3 is 0 Å². The summed E-state index contributed by atoms with van der Waals surface area (Å²) in [6, 6.07) is 10.4. The van der Waals surface area contributed by atoms with E-state index in [4.69, 9.17) is 5.26 Å². The van der Waals surface area contributed by atoms with Crippen LogP contribution in [0.25, 0.3) is 0 Å². The molecule has 0 radical (unpaired) electrons. The number of nitriles is 1. The van der Waals surface area contributed by atoms with Crippen molar-refractivity contribution in [2.24, 2.45) is 11.8 Å². The molecule has 1 aromatic rings. The van der Waals surface area contributed by atoms with Crippen molar-refractivity contribution in [1.82, 2.24) is 0 Å². The van der Waals surface area contributed by atoms with Crippen LogP contribution in [0.3, 0.4) is 0 Å². The Labute approximate surface area is 117 Å². The summed E-state index contributed by atoms with van der Waals surface area (Å²) in [4.78, 5) is 0. The molecule has 19 heavy (non-hydrogen) atoms. The summed E-state index contributed by atoms with van der Waals surface area (Å²) < 4.78 is 0. The molecule has 2 rings (SSSR count). The number of benzene rings is 1. The van der Waals surface area contributed by atoms with Gasteiger partial charge >= 0.3 is 0 Å². The Kier molecular flexibility index (Phi) is 5.02. The molecule has 1 aliphatic carbocycles. The van der Waals surface area contributed by atoms with Gasteiger partial charge in [-0.15, -0.1) is 0 Å². The smallest absolute Gasteiger partial charge is 0.0991 e. The second-order valence-corrected chi connectivity index (χ2v) is 6.14. The summed E-state index contributed by atoms with van der Waals surface area (Å²) in [7, 11) is 0. The molecule has 102 valence electrons. The Balaban J connectivity index is 1.97. The van der Waals surface area contributed by atoms with Crippen LogP contribution in [0.5, 0.6) is 0 Å². The van der Waals surface area contributed by atoms with Gasteiger partial charge in [0.2, 0.25) is 0 Å². The minimum absolute atomic E-state index is 0.700. The molecule has 3 atom stereocenters. The van der Waals surface area contributed by atoms with Crippen LogP contribution in [0.2, 0.25) is 0 Å². The maximum Gasteiger partial charge on any atom is 0.0991 e. The second kappa shape index (κ2) is 6.75. The molecule has 1 aromatic carbocycles. The summed E-state index contributed by atoms with van der Waals surface area (Å²) in [5.74, 6) is 2.43. The first-order valence-corrected chi connectivity index (χ1v) is 7.74. The fourth-order valence-electron chi connectivity index (χ4n) is 3.56. The molecular weight excluding hydrogens is 230 g/mol. The lowest BCUT2D eigenvalue weighted by Crippen LogP contribution is -2.21. The van der Waals surface area contributed by atoms with E-state index in [-0.39, 0.29) is 0 Å². The van der Waals surface area contributed by atoms with Crippen molar-refractivity contribution in [2.75, 3.05) is 0 Å². The molecule has 1 saturated carbocycles. The zero-order valence-electron chi connectivity index (χ0n) is 12.2. The van der Waals surface area contributed by atoms with Gasteiger partial charge in [0.1, 0.15) is 0 Å². The number of nitrogens with zero attached hydrogens (tertiary/aromatic N) is 1. The Morgan fingerprint density at radius 2 is 1.95 bits per heavy atom. The van der Waals surface area contributed by atoms with Crippen LogP contribution in [0.1, 0.15) is 69.4 Å². The van der Waals surface area contributed by atoms with Crippen LogP contribution in [0, 0.1) is 23.2 Å². The van der Waals surface area contributed by atoms with Crippen molar-refractivity contribution in [3.05, 3.63) is 35.4 Å². The Bertz CT molecular complexity index is 426. The highest BCUT2D eigenvalue weighted by atomic mass is 14.3. The number of hydrogen-bond acceptors (Lipinski definition) is 1. The molecule has 1 nitrogen and oxygen atoms in total. The molecule has 3 unspecified atom stereocenters. The van der Waals surface area contributed by atoms with E-state index in [1.165, 1.54) is 44.1 Å². The maximum atomic E-state index is 8.86. The van der Waals surface area contributed by atoms with Crippen LogP contribution in [0.4, 0.5) is 0 Å². The van der Waals surface area contributed by atoms with Crippen LogP contribution >= 0.6 is 0 Å². The topological polar surface area (TPSA) is 23.8 Å². The van der Waals surface area contributed by atoms with Gasteiger partial charge in [0.05, 0.1) is 11.6 Å². The highest BCUT2D eigenvalue weighted by Crippen LogP contribution is 2.41. The van der Waals surface area contributed by atoms with Crippen LogP contribution in [-0.4, -0.2) is 0 Å². The highest BCUT2D eigenvalue weighted by Gasteiger charge is 2.28. The largest absolute Gasteiger partial charge is 0.192 e. The van der Waals surface area contributed by atoms with E-state index in [0.29, 0.717) is 5.92 Å². The summed E-state index contributed by atoms with van der Waals surface area (Å²) in [5.41, 5.74) is 2.20. The fraction of sp³-hybridized carbons (Fsp3) is 0.611. The van der Waals surface area contributed by atoms with Crippen molar-refractivity contribution in [2.45, 2.75) is 58.3 Å². The highest BCUT2D eigenvalue weighted by molar-refractivity contribution is 5.33. The molecule has 0 aromatic heterocycles. The second-order valence-electron chi connectivity index (χ2n) is 6.14. The molecule has 1 aliphatic rings. The van der Waals surface area contributed by atoms with E-state index in [1.54, 1.807) is 0 Å². The van der Waals surface area contributed by atoms with E-state index in [9.17, 15) is 0 Å². The third kappa shape index (κ3) is 3.60. The predicted molar refractivity (Wildman–Crippen MR) is 79.9 cm³/mol. The minimum Gasteiger partial charge on any atom is -0.192 e. The third-order valence-electron chi connectivity index (χ3n) is 4.71. The summed E-state index contributed by atoms with van der Waals surface area (Å²) in [6.45, 7) is 4.69. The fourth-order valence-corrected chi connectivity index (χ4v) is 3.56. The Morgan fingerprint density at radius 3 is 2.53 bits per heavy atom. The van der Waals surface area contributed by atoms with Gasteiger partial charge in [-0.2, -0.15) is 5.26 Å². The number of rotatable bonds is 4. The lowest BCUT2D eigenvalue weighted by Gasteiger charge is -2.34. The Hall–Kier alpha value is -1.29.